The maximum atomic E-state index is 13.6. The normalized spacial score (nSPS) is 24.8. The summed E-state index contributed by atoms with van der Waals surface area (Å²) in [4.78, 5) is 13.6. The number of rotatable bonds is 80. The summed E-state index contributed by atoms with van der Waals surface area (Å²) in [7, 11) is 0. The maximum absolute atomic E-state index is 13.6. The van der Waals surface area contributed by atoms with Gasteiger partial charge in [0.05, 0.1) is 38.6 Å². The minimum atomic E-state index is -1.97. The van der Waals surface area contributed by atoms with E-state index in [1.807, 2.05) is 0 Å². The van der Waals surface area contributed by atoms with Crippen molar-refractivity contribution in [1.82, 2.24) is 5.32 Å². The molecule has 19 heteroatoms. The van der Waals surface area contributed by atoms with Gasteiger partial charge in [-0.2, -0.15) is 0 Å². The van der Waals surface area contributed by atoms with E-state index in [-0.39, 0.29) is 18.9 Å². The average molecular weight is 1610 g/mol. The minimum absolute atomic E-state index is 0.232. The molecule has 1 amide bonds. The van der Waals surface area contributed by atoms with Gasteiger partial charge in [0.25, 0.3) is 0 Å². The van der Waals surface area contributed by atoms with Crippen molar-refractivity contribution in [2.45, 2.75) is 542 Å². The first kappa shape index (κ1) is 105. The highest BCUT2D eigenvalue weighted by Gasteiger charge is 2.54. The minimum Gasteiger partial charge on any atom is -0.394 e. The molecule has 0 bridgehead atoms. The fraction of sp³-hybridized carbons (Fsp3) is 0.947. The van der Waals surface area contributed by atoms with E-state index in [0.717, 1.165) is 51.4 Å². The molecule has 0 saturated carbocycles. The van der Waals surface area contributed by atoms with Crippen molar-refractivity contribution in [2.24, 2.45) is 0 Å². The Labute approximate surface area is 689 Å². The van der Waals surface area contributed by atoms with Gasteiger partial charge in [-0.3, -0.25) is 4.79 Å². The molecule has 3 rings (SSSR count). The van der Waals surface area contributed by atoms with Gasteiger partial charge in [-0.1, -0.05) is 411 Å². The Hall–Kier alpha value is -1.73. The zero-order valence-electron chi connectivity index (χ0n) is 72.4. The summed E-state index contributed by atoms with van der Waals surface area (Å²) in [6.07, 6.45) is 67.4. The van der Waals surface area contributed by atoms with Crippen molar-refractivity contribution in [3.63, 3.8) is 0 Å². The average Bonchev–Trinajstić information content (AvgIpc) is 0.780. The monoisotopic (exact) mass is 1610 g/mol. The SMILES string of the molecule is CCCCCCC/C=C\C/C=C\CCCCCCCCCCCCCCCCCCCCCCCCCC(=O)NC(COC1OC(CO)C(OC2OC(CO)C(OC3OC(CO)C(O)C(O)C3O)C(O)C2O)C(O)C1O)C(O)CCCCCCCCCCCCCCCCCCCCCCCCCCCCCCCCCCC. The topological polar surface area (TPSA) is 307 Å². The van der Waals surface area contributed by atoms with Gasteiger partial charge >= 0.3 is 0 Å². The van der Waals surface area contributed by atoms with Gasteiger partial charge in [0.1, 0.15) is 73.2 Å². The van der Waals surface area contributed by atoms with Crippen LogP contribution in [0.15, 0.2) is 24.3 Å². The van der Waals surface area contributed by atoms with Crippen LogP contribution in [0.1, 0.15) is 438 Å². The summed E-state index contributed by atoms with van der Waals surface area (Å²) in [6, 6.07) is -0.887. The van der Waals surface area contributed by atoms with Crippen LogP contribution in [0.3, 0.4) is 0 Å². The molecule has 0 radical (unpaired) electrons. The van der Waals surface area contributed by atoms with Crippen LogP contribution in [0, 0.1) is 0 Å². The molecule has 12 N–H and O–H groups in total. The van der Waals surface area contributed by atoms with E-state index >= 15 is 0 Å². The molecule has 3 fully saturated rings. The smallest absolute Gasteiger partial charge is 0.220 e. The predicted molar refractivity (Wildman–Crippen MR) is 457 cm³/mol. The van der Waals surface area contributed by atoms with E-state index in [2.05, 4.69) is 43.5 Å². The summed E-state index contributed by atoms with van der Waals surface area (Å²) in [5.41, 5.74) is 0. The number of aliphatic hydroxyl groups excluding tert-OH is 11. The van der Waals surface area contributed by atoms with E-state index in [1.165, 1.54) is 353 Å². The van der Waals surface area contributed by atoms with Crippen LogP contribution >= 0.6 is 0 Å². The lowest BCUT2D eigenvalue weighted by Gasteiger charge is -2.48. The first-order chi connectivity index (χ1) is 55.3. The number of ether oxygens (including phenoxy) is 6. The van der Waals surface area contributed by atoms with E-state index < -0.39 is 124 Å². The zero-order chi connectivity index (χ0) is 81.7. The molecule has 0 aromatic rings. The second kappa shape index (κ2) is 74.1. The third-order valence-electron chi connectivity index (χ3n) is 24.3. The van der Waals surface area contributed by atoms with Gasteiger partial charge in [-0.25, -0.2) is 0 Å². The van der Waals surface area contributed by atoms with Gasteiger partial charge in [0.15, 0.2) is 18.9 Å². The summed E-state index contributed by atoms with van der Waals surface area (Å²) in [5.74, 6) is -0.232. The van der Waals surface area contributed by atoms with Gasteiger partial charge in [-0.15, -0.1) is 0 Å². The Kier molecular flexibility index (Phi) is 69.2. The van der Waals surface area contributed by atoms with Crippen molar-refractivity contribution in [3.8, 4) is 0 Å². The number of amides is 1. The molecular weight excluding hydrogens is 1430 g/mol. The van der Waals surface area contributed by atoms with Crippen LogP contribution < -0.4 is 5.32 Å². The van der Waals surface area contributed by atoms with Crippen molar-refractivity contribution in [1.29, 1.82) is 0 Å². The summed E-state index contributed by atoms with van der Waals surface area (Å²) in [5, 5.41) is 122. The molecule has 3 saturated heterocycles. The third kappa shape index (κ3) is 52.3. The number of carbonyl (C=O) groups is 1. The van der Waals surface area contributed by atoms with E-state index in [9.17, 15) is 61.0 Å². The van der Waals surface area contributed by atoms with Gasteiger partial charge < -0.3 is 89.9 Å². The standard InChI is InChI=1S/C94H179NO18/c1-3-5-7-9-11-13-15-17-19-21-23-25-27-29-31-33-35-37-38-40-42-44-46-48-50-52-54-56-58-60-62-64-66-68-70-72-82(100)95-77(78(99)71-69-67-65-63-61-59-57-55-53-51-49-47-45-43-41-39-36-34-32-30-28-26-24-22-20-18-16-14-12-10-8-6-4-2)76-108-92-88(106)85(103)90(80(74-97)110-92)113-94-89(107)86(104)91(81(75-98)111-94)112-93-87(105)84(102)83(101)79(73-96)109-93/h15,17,21,23,77-81,83-94,96-99,101-107H,3-14,16,18-20,22,24-76H2,1-2H3,(H,95,100)/b17-15-,23-21-. The van der Waals surface area contributed by atoms with Crippen molar-refractivity contribution in [2.75, 3.05) is 26.4 Å². The van der Waals surface area contributed by atoms with E-state index in [0.29, 0.717) is 12.8 Å². The number of hydrogen-bond donors (Lipinski definition) is 12. The highest BCUT2D eigenvalue weighted by Crippen LogP contribution is 2.34. The quantitative estimate of drug-likeness (QED) is 0.0199. The van der Waals surface area contributed by atoms with E-state index in [1.54, 1.807) is 0 Å². The number of hydrogen-bond acceptors (Lipinski definition) is 18. The predicted octanol–water partition coefficient (Wildman–Crippen LogP) is 19.2. The maximum Gasteiger partial charge on any atom is 0.220 e. The van der Waals surface area contributed by atoms with Crippen molar-refractivity contribution < 1.29 is 89.4 Å². The molecule has 0 aromatic heterocycles. The fourth-order valence-electron chi connectivity index (χ4n) is 16.6. The molecule has 0 aliphatic carbocycles. The van der Waals surface area contributed by atoms with Crippen LogP contribution in [0.5, 0.6) is 0 Å². The molecule has 0 spiro atoms. The Morgan fingerprint density at radius 2 is 0.584 bits per heavy atom. The van der Waals surface area contributed by atoms with Gasteiger partial charge in [0, 0.05) is 6.42 Å². The summed E-state index contributed by atoms with van der Waals surface area (Å²) in [6.45, 7) is 1.88. The van der Waals surface area contributed by atoms with Crippen LogP contribution in [0.25, 0.3) is 0 Å². The van der Waals surface area contributed by atoms with Crippen LogP contribution in [-0.2, 0) is 33.2 Å². The molecule has 17 unspecified atom stereocenters. The van der Waals surface area contributed by atoms with E-state index in [4.69, 9.17) is 28.4 Å². The third-order valence-corrected chi connectivity index (χ3v) is 24.3. The molecule has 17 atom stereocenters. The van der Waals surface area contributed by atoms with Gasteiger partial charge in [-0.05, 0) is 44.9 Å². The second-order valence-electron chi connectivity index (χ2n) is 34.5. The Bertz CT molecular complexity index is 2130. The zero-order valence-corrected chi connectivity index (χ0v) is 72.4. The summed E-state index contributed by atoms with van der Waals surface area (Å²) >= 11 is 0. The fourth-order valence-corrected chi connectivity index (χ4v) is 16.6. The summed E-state index contributed by atoms with van der Waals surface area (Å²) < 4.78 is 34.6. The first-order valence-electron chi connectivity index (χ1n) is 48.1. The van der Waals surface area contributed by atoms with Crippen LogP contribution in [0.4, 0.5) is 0 Å². The number of unbranched alkanes of at least 4 members (excludes halogenated alkanes) is 60. The van der Waals surface area contributed by atoms with Crippen molar-refractivity contribution >= 4 is 5.91 Å². The lowest BCUT2D eigenvalue weighted by molar-refractivity contribution is -0.379. The lowest BCUT2D eigenvalue weighted by Crippen LogP contribution is -2.66. The second-order valence-corrected chi connectivity index (χ2v) is 34.5. The largest absolute Gasteiger partial charge is 0.394 e. The Morgan fingerprint density at radius 3 is 0.903 bits per heavy atom. The number of carbonyl (C=O) groups excluding carboxylic acids is 1. The molecule has 3 heterocycles. The highest BCUT2D eigenvalue weighted by atomic mass is 16.8. The first-order valence-corrected chi connectivity index (χ1v) is 48.1. The van der Waals surface area contributed by atoms with Gasteiger partial charge in [0.2, 0.25) is 5.91 Å². The lowest BCUT2D eigenvalue weighted by atomic mass is 9.96. The Morgan fingerprint density at radius 1 is 0.319 bits per heavy atom. The molecular formula is C94H179NO18. The molecule has 0 aromatic carbocycles. The van der Waals surface area contributed by atoms with Crippen LogP contribution in [0.2, 0.25) is 0 Å². The Balaban J connectivity index is 1.29. The number of aliphatic hydroxyl groups is 11. The molecule has 3 aliphatic rings. The highest BCUT2D eigenvalue weighted by molar-refractivity contribution is 5.76. The van der Waals surface area contributed by atoms with Crippen molar-refractivity contribution in [3.05, 3.63) is 24.3 Å². The molecule has 113 heavy (non-hydrogen) atoms. The number of allylic oxidation sites excluding steroid dienone is 4. The molecule has 668 valence electrons. The number of nitrogens with one attached hydrogen (secondary N) is 1. The van der Waals surface area contributed by atoms with Crippen LogP contribution in [-0.4, -0.2) is 193 Å². The molecule has 19 nitrogen and oxygen atoms in total. The molecule has 3 aliphatic heterocycles.